The summed E-state index contributed by atoms with van der Waals surface area (Å²) in [7, 11) is 1.54. The van der Waals surface area contributed by atoms with Crippen molar-refractivity contribution in [2.45, 2.75) is 12.1 Å². The summed E-state index contributed by atoms with van der Waals surface area (Å²) in [6, 6.07) is 4.98. The minimum Gasteiger partial charge on any atom is -0.497 e. The molecule has 1 aliphatic heterocycles. The maximum atomic E-state index is 11.5. The first-order valence-corrected chi connectivity index (χ1v) is 5.31. The number of nitrogens with one attached hydrogen (secondary N) is 1. The summed E-state index contributed by atoms with van der Waals surface area (Å²) in [5, 5.41) is 13.6. The number of rotatable bonds is 3. The Morgan fingerprint density at radius 1 is 1.39 bits per heavy atom. The van der Waals surface area contributed by atoms with Crippen molar-refractivity contribution in [3.63, 3.8) is 0 Å². The average molecular weight is 248 g/mol. The van der Waals surface area contributed by atoms with Gasteiger partial charge >= 0.3 is 0 Å². The number of nitro groups is 1. The van der Waals surface area contributed by atoms with Gasteiger partial charge in [-0.3, -0.25) is 14.9 Å². The highest BCUT2D eigenvalue weighted by Gasteiger charge is 2.45. The van der Waals surface area contributed by atoms with Crippen LogP contribution in [0.3, 0.4) is 0 Å². The molecule has 0 unspecified atom stereocenters. The molecule has 94 valence electrons. The number of carbonyl (C=O) groups excluding carboxylic acids is 1. The molecule has 1 fully saturated rings. The highest BCUT2D eigenvalue weighted by atomic mass is 16.6. The molecule has 18 heavy (non-hydrogen) atoms. The molecule has 0 bridgehead atoms. The smallest absolute Gasteiger partial charge is 0.266 e. The van der Waals surface area contributed by atoms with E-state index in [2.05, 4.69) is 11.9 Å². The second-order valence-corrected chi connectivity index (χ2v) is 3.98. The second-order valence-electron chi connectivity index (χ2n) is 3.98. The standard InChI is InChI=1S/C12H12N2O4/c1-7-11(14(16)17)10(13-12(7)15)8-3-5-9(18-2)6-4-8/h3-6,10-11H,1H2,2H3,(H,13,15)/t10-,11+/m1/s1. The van der Waals surface area contributed by atoms with Crippen LogP contribution in [-0.4, -0.2) is 24.0 Å². The largest absolute Gasteiger partial charge is 0.497 e. The fraction of sp³-hybridized carbons (Fsp3) is 0.250. The maximum Gasteiger partial charge on any atom is 0.266 e. The first-order valence-electron chi connectivity index (χ1n) is 5.31. The van der Waals surface area contributed by atoms with Crippen LogP contribution in [0.2, 0.25) is 0 Å². The number of methoxy groups -OCH3 is 1. The first kappa shape index (κ1) is 12.1. The number of nitrogens with zero attached hydrogens (tertiary/aromatic N) is 1. The van der Waals surface area contributed by atoms with Crippen LogP contribution < -0.4 is 10.1 Å². The molecule has 0 aliphatic carbocycles. The molecule has 1 aliphatic rings. The van der Waals surface area contributed by atoms with Crippen molar-refractivity contribution in [3.05, 3.63) is 52.1 Å². The number of hydrogen-bond acceptors (Lipinski definition) is 4. The van der Waals surface area contributed by atoms with Crippen molar-refractivity contribution in [1.29, 1.82) is 0 Å². The van der Waals surface area contributed by atoms with E-state index in [1.807, 2.05) is 0 Å². The molecule has 6 heteroatoms. The zero-order valence-electron chi connectivity index (χ0n) is 9.75. The fourth-order valence-corrected chi connectivity index (χ4v) is 1.97. The van der Waals surface area contributed by atoms with Crippen molar-refractivity contribution in [3.8, 4) is 5.75 Å². The van der Waals surface area contributed by atoms with E-state index in [0.717, 1.165) is 0 Å². The lowest BCUT2D eigenvalue weighted by Crippen LogP contribution is -2.28. The van der Waals surface area contributed by atoms with Crippen molar-refractivity contribution in [1.82, 2.24) is 5.32 Å². The van der Waals surface area contributed by atoms with Gasteiger partial charge in [-0.1, -0.05) is 18.7 Å². The van der Waals surface area contributed by atoms with E-state index >= 15 is 0 Å². The summed E-state index contributed by atoms with van der Waals surface area (Å²) in [5.41, 5.74) is 0.644. The van der Waals surface area contributed by atoms with E-state index in [9.17, 15) is 14.9 Å². The molecule has 1 aromatic carbocycles. The lowest BCUT2D eigenvalue weighted by molar-refractivity contribution is -0.513. The van der Waals surface area contributed by atoms with Crippen LogP contribution in [0.25, 0.3) is 0 Å². The highest BCUT2D eigenvalue weighted by Crippen LogP contribution is 2.30. The van der Waals surface area contributed by atoms with Gasteiger partial charge in [0.15, 0.2) is 0 Å². The summed E-state index contributed by atoms with van der Waals surface area (Å²) >= 11 is 0. The Hall–Kier alpha value is -2.37. The zero-order chi connectivity index (χ0) is 13.3. The molecule has 0 radical (unpaired) electrons. The molecule has 2 rings (SSSR count). The molecule has 0 aromatic heterocycles. The highest BCUT2D eigenvalue weighted by molar-refractivity contribution is 5.97. The van der Waals surface area contributed by atoms with Gasteiger partial charge in [-0.2, -0.15) is 0 Å². The third-order valence-corrected chi connectivity index (χ3v) is 2.95. The third kappa shape index (κ3) is 1.92. The van der Waals surface area contributed by atoms with Crippen molar-refractivity contribution in [2.75, 3.05) is 7.11 Å². The number of hydrogen-bond donors (Lipinski definition) is 1. The van der Waals surface area contributed by atoms with E-state index in [-0.39, 0.29) is 5.57 Å². The lowest BCUT2D eigenvalue weighted by atomic mass is 9.99. The minimum absolute atomic E-state index is 0.0131. The zero-order valence-corrected chi connectivity index (χ0v) is 9.75. The monoisotopic (exact) mass is 248 g/mol. The van der Waals surface area contributed by atoms with Gasteiger partial charge in [0.05, 0.1) is 12.7 Å². The first-order chi connectivity index (χ1) is 8.54. The minimum atomic E-state index is -1.12. The van der Waals surface area contributed by atoms with Gasteiger partial charge in [-0.15, -0.1) is 0 Å². The second kappa shape index (κ2) is 4.48. The number of ether oxygens (including phenoxy) is 1. The Morgan fingerprint density at radius 2 is 2.00 bits per heavy atom. The van der Waals surface area contributed by atoms with Crippen LogP contribution in [0.5, 0.6) is 5.75 Å². The van der Waals surface area contributed by atoms with Crippen LogP contribution >= 0.6 is 0 Å². The molecule has 1 amide bonds. The fourth-order valence-electron chi connectivity index (χ4n) is 1.97. The van der Waals surface area contributed by atoms with E-state index in [1.165, 1.54) is 7.11 Å². The summed E-state index contributed by atoms with van der Waals surface area (Å²) in [6.07, 6.45) is 0. The molecule has 1 N–H and O–H groups in total. The third-order valence-electron chi connectivity index (χ3n) is 2.95. The van der Waals surface area contributed by atoms with Crippen LogP contribution in [0.4, 0.5) is 0 Å². The van der Waals surface area contributed by atoms with E-state index in [4.69, 9.17) is 4.74 Å². The van der Waals surface area contributed by atoms with Crippen LogP contribution in [0.15, 0.2) is 36.4 Å². The Kier molecular flexibility index (Phi) is 3.01. The van der Waals surface area contributed by atoms with E-state index in [0.29, 0.717) is 11.3 Å². The molecular weight excluding hydrogens is 236 g/mol. The van der Waals surface area contributed by atoms with E-state index < -0.39 is 22.9 Å². The molecule has 2 atom stereocenters. The predicted molar refractivity (Wildman–Crippen MR) is 63.8 cm³/mol. The topological polar surface area (TPSA) is 81.5 Å². The quantitative estimate of drug-likeness (QED) is 0.492. The van der Waals surface area contributed by atoms with Crippen LogP contribution in [0.1, 0.15) is 11.6 Å². The molecule has 0 spiro atoms. The van der Waals surface area contributed by atoms with Gasteiger partial charge in [0.1, 0.15) is 11.8 Å². The summed E-state index contributed by atoms with van der Waals surface area (Å²) in [4.78, 5) is 22.0. The van der Waals surface area contributed by atoms with Crippen LogP contribution in [-0.2, 0) is 4.79 Å². The maximum absolute atomic E-state index is 11.5. The van der Waals surface area contributed by atoms with Gasteiger partial charge in [-0.05, 0) is 17.7 Å². The normalized spacial score (nSPS) is 22.7. The summed E-state index contributed by atoms with van der Waals surface area (Å²) in [6.45, 7) is 3.47. The predicted octanol–water partition coefficient (Wildman–Crippen LogP) is 1.07. The average Bonchev–Trinajstić information content (AvgIpc) is 2.66. The summed E-state index contributed by atoms with van der Waals surface area (Å²) < 4.78 is 5.01. The SMILES string of the molecule is C=C1C(=O)N[C@H](c2ccc(OC)cc2)[C@H]1[N+](=O)[O-]. The molecule has 1 saturated heterocycles. The number of carbonyl (C=O) groups is 1. The van der Waals surface area contributed by atoms with Crippen molar-refractivity contribution in [2.24, 2.45) is 0 Å². The molecule has 0 saturated carbocycles. The molecular formula is C12H12N2O4. The van der Waals surface area contributed by atoms with Gasteiger partial charge in [0, 0.05) is 4.92 Å². The Bertz CT molecular complexity index is 509. The molecule has 6 nitrogen and oxygen atoms in total. The number of amides is 1. The Labute approximate surface area is 103 Å². The van der Waals surface area contributed by atoms with Gasteiger partial charge in [0.25, 0.3) is 11.9 Å². The van der Waals surface area contributed by atoms with Gasteiger partial charge < -0.3 is 10.1 Å². The summed E-state index contributed by atoms with van der Waals surface area (Å²) in [5.74, 6) is 0.178. The lowest BCUT2D eigenvalue weighted by Gasteiger charge is -2.13. The van der Waals surface area contributed by atoms with E-state index in [1.54, 1.807) is 24.3 Å². The Balaban J connectivity index is 2.33. The van der Waals surface area contributed by atoms with Crippen molar-refractivity contribution < 1.29 is 14.5 Å². The van der Waals surface area contributed by atoms with Gasteiger partial charge in [-0.25, -0.2) is 0 Å². The van der Waals surface area contributed by atoms with Crippen LogP contribution in [0, 0.1) is 10.1 Å². The van der Waals surface area contributed by atoms with Gasteiger partial charge in [0.2, 0.25) is 0 Å². The van der Waals surface area contributed by atoms with Crippen molar-refractivity contribution >= 4 is 5.91 Å². The Morgan fingerprint density at radius 3 is 2.50 bits per heavy atom. The molecule has 1 aromatic rings. The molecule has 1 heterocycles. The number of benzene rings is 1.